The molecule has 0 spiro atoms. The maximum Gasteiger partial charge on any atom is 0.202 e. The Balaban J connectivity index is 0.00000110. The molecule has 0 amide bonds. The average Bonchev–Trinajstić information content (AvgIpc) is 3.12. The molecule has 1 aromatic carbocycles. The van der Waals surface area contributed by atoms with E-state index >= 15 is 0 Å². The number of ketones is 1. The van der Waals surface area contributed by atoms with Gasteiger partial charge in [0.15, 0.2) is 0 Å². The average molecular weight is 279 g/mol. The maximum absolute atomic E-state index is 12.5. The number of hydrogen-bond donors (Lipinski definition) is 3. The molecule has 1 unspecified atom stereocenters. The standard InChI is InChI=1S/C13H14N4O.ClH/c18-13(12-10-5-7(15-12)6-14-10)11-8-3-1-2-4-9(8)16-17-11;/h1-4,7,10,12,14-15H,5-6H2,(H,16,17);1H/t7-,10+,12?;/m1./s1. The van der Waals surface area contributed by atoms with E-state index < -0.39 is 0 Å². The number of hydrogen-bond acceptors (Lipinski definition) is 4. The van der Waals surface area contributed by atoms with Crippen LogP contribution in [0.25, 0.3) is 10.9 Å². The molecule has 2 fully saturated rings. The summed E-state index contributed by atoms with van der Waals surface area (Å²) in [5.74, 6) is 0.0900. The van der Waals surface area contributed by atoms with E-state index in [1.54, 1.807) is 0 Å². The molecule has 0 radical (unpaired) electrons. The Bertz CT molecular complexity index is 626. The zero-order valence-electron chi connectivity index (χ0n) is 10.2. The van der Waals surface area contributed by atoms with Gasteiger partial charge in [0.1, 0.15) is 5.69 Å². The quantitative estimate of drug-likeness (QED) is 0.713. The predicted molar refractivity (Wildman–Crippen MR) is 74.8 cm³/mol. The highest BCUT2D eigenvalue weighted by Gasteiger charge is 2.43. The van der Waals surface area contributed by atoms with Crippen LogP contribution in [-0.4, -0.2) is 40.7 Å². The second-order valence-corrected chi connectivity index (χ2v) is 5.07. The third-order valence-electron chi connectivity index (χ3n) is 3.97. The Hall–Kier alpha value is -1.43. The van der Waals surface area contributed by atoms with E-state index in [2.05, 4.69) is 20.8 Å². The summed E-state index contributed by atoms with van der Waals surface area (Å²) in [5, 5.41) is 14.8. The summed E-state index contributed by atoms with van der Waals surface area (Å²) in [6.07, 6.45) is 1.04. The molecule has 1 aromatic heterocycles. The topological polar surface area (TPSA) is 69.8 Å². The molecule has 2 saturated heterocycles. The largest absolute Gasteiger partial charge is 0.310 e. The summed E-state index contributed by atoms with van der Waals surface area (Å²) in [6.45, 7) is 0.968. The third-order valence-corrected chi connectivity index (χ3v) is 3.97. The Labute approximate surface area is 116 Å². The zero-order valence-corrected chi connectivity index (χ0v) is 11.0. The van der Waals surface area contributed by atoms with Crippen molar-refractivity contribution in [2.45, 2.75) is 24.5 Å². The molecule has 3 N–H and O–H groups in total. The summed E-state index contributed by atoms with van der Waals surface area (Å²) in [6, 6.07) is 8.31. The number of H-pyrrole nitrogens is 1. The number of aromatic amines is 1. The predicted octanol–water partition coefficient (Wildman–Crippen LogP) is 0.870. The van der Waals surface area contributed by atoms with Gasteiger partial charge in [-0.25, -0.2) is 0 Å². The summed E-state index contributed by atoms with van der Waals surface area (Å²) in [5.41, 5.74) is 1.47. The lowest BCUT2D eigenvalue weighted by atomic mass is 10.0. The van der Waals surface area contributed by atoms with Crippen molar-refractivity contribution < 1.29 is 4.79 Å². The van der Waals surface area contributed by atoms with Crippen molar-refractivity contribution >= 4 is 29.1 Å². The van der Waals surface area contributed by atoms with Crippen LogP contribution in [0.3, 0.4) is 0 Å². The van der Waals surface area contributed by atoms with Gasteiger partial charge in [0.25, 0.3) is 0 Å². The van der Waals surface area contributed by atoms with Gasteiger partial charge in [-0.3, -0.25) is 9.89 Å². The molecule has 100 valence electrons. The second-order valence-electron chi connectivity index (χ2n) is 5.07. The normalized spacial score (nSPS) is 28.5. The van der Waals surface area contributed by atoms with Gasteiger partial charge in [0, 0.05) is 24.0 Å². The molecule has 0 saturated carbocycles. The van der Waals surface area contributed by atoms with E-state index in [9.17, 15) is 4.79 Å². The first-order valence-electron chi connectivity index (χ1n) is 6.30. The van der Waals surface area contributed by atoms with Crippen LogP contribution in [0.15, 0.2) is 24.3 Å². The van der Waals surface area contributed by atoms with Crippen molar-refractivity contribution in [3.63, 3.8) is 0 Å². The SMILES string of the molecule is Cl.O=C(c1n[nH]c2ccccc12)C1N[C@H]2CN[C@H]1C2. The van der Waals surface area contributed by atoms with Crippen molar-refractivity contribution in [1.29, 1.82) is 0 Å². The van der Waals surface area contributed by atoms with Gasteiger partial charge in [0.05, 0.1) is 11.6 Å². The second kappa shape index (κ2) is 4.59. The molecule has 3 atom stereocenters. The van der Waals surface area contributed by atoms with Crippen molar-refractivity contribution in [2.24, 2.45) is 0 Å². The van der Waals surface area contributed by atoms with Crippen LogP contribution in [0.4, 0.5) is 0 Å². The number of benzene rings is 1. The van der Waals surface area contributed by atoms with Crippen LogP contribution in [0.2, 0.25) is 0 Å². The van der Waals surface area contributed by atoms with Crippen molar-refractivity contribution in [3.05, 3.63) is 30.0 Å². The fourth-order valence-corrected chi connectivity index (χ4v) is 3.07. The summed E-state index contributed by atoms with van der Waals surface area (Å²) in [4.78, 5) is 12.5. The highest BCUT2D eigenvalue weighted by atomic mass is 35.5. The Kier molecular flexibility index (Phi) is 3.05. The molecule has 5 nitrogen and oxygen atoms in total. The first-order valence-corrected chi connectivity index (χ1v) is 6.30. The Morgan fingerprint density at radius 3 is 2.89 bits per heavy atom. The van der Waals surface area contributed by atoms with E-state index in [1.165, 1.54) is 0 Å². The molecule has 4 rings (SSSR count). The number of nitrogens with one attached hydrogen (secondary N) is 3. The van der Waals surface area contributed by atoms with Gasteiger partial charge in [-0.1, -0.05) is 18.2 Å². The molecule has 0 aliphatic carbocycles. The molecular formula is C13H15ClN4O. The van der Waals surface area contributed by atoms with Crippen LogP contribution in [0.5, 0.6) is 0 Å². The number of para-hydroxylation sites is 1. The minimum Gasteiger partial charge on any atom is -0.310 e. The van der Waals surface area contributed by atoms with Gasteiger partial charge in [-0.15, -0.1) is 12.4 Å². The lowest BCUT2D eigenvalue weighted by Crippen LogP contribution is -2.52. The number of carbonyl (C=O) groups is 1. The highest BCUT2D eigenvalue weighted by Crippen LogP contribution is 2.24. The van der Waals surface area contributed by atoms with E-state index in [-0.39, 0.29) is 30.3 Å². The molecular weight excluding hydrogens is 264 g/mol. The van der Waals surface area contributed by atoms with Crippen LogP contribution in [0, 0.1) is 0 Å². The first-order chi connectivity index (χ1) is 8.83. The summed E-state index contributed by atoms with van der Waals surface area (Å²) < 4.78 is 0. The van der Waals surface area contributed by atoms with Gasteiger partial charge in [-0.05, 0) is 12.5 Å². The first kappa shape index (κ1) is 12.6. The number of halogens is 1. The molecule has 2 aliphatic heterocycles. The lowest BCUT2D eigenvalue weighted by Gasteiger charge is -2.22. The number of fused-ring (bicyclic) bond motifs is 3. The molecule has 2 aromatic rings. The lowest BCUT2D eigenvalue weighted by molar-refractivity contribution is 0.0927. The van der Waals surface area contributed by atoms with Crippen LogP contribution < -0.4 is 10.6 Å². The number of nitrogens with zero attached hydrogens (tertiary/aromatic N) is 1. The Morgan fingerprint density at radius 2 is 2.16 bits per heavy atom. The van der Waals surface area contributed by atoms with E-state index in [0.29, 0.717) is 11.7 Å². The smallest absolute Gasteiger partial charge is 0.202 e. The fraction of sp³-hybridized carbons (Fsp3) is 0.385. The number of carbonyl (C=O) groups excluding carboxylic acids is 1. The van der Waals surface area contributed by atoms with Gasteiger partial charge in [-0.2, -0.15) is 5.10 Å². The monoisotopic (exact) mass is 278 g/mol. The molecule has 2 aliphatic rings. The van der Waals surface area contributed by atoms with Gasteiger partial charge in [0.2, 0.25) is 5.78 Å². The minimum atomic E-state index is -0.129. The minimum absolute atomic E-state index is 0. The molecule has 3 heterocycles. The van der Waals surface area contributed by atoms with Crippen molar-refractivity contribution in [2.75, 3.05) is 6.54 Å². The Morgan fingerprint density at radius 1 is 1.32 bits per heavy atom. The van der Waals surface area contributed by atoms with E-state index in [0.717, 1.165) is 23.9 Å². The van der Waals surface area contributed by atoms with Gasteiger partial charge >= 0.3 is 0 Å². The number of Topliss-reactive ketones (excluding diaryl/α,β-unsaturated/α-hetero) is 1. The number of aromatic nitrogens is 2. The molecule has 6 heteroatoms. The number of piperazine rings is 1. The zero-order chi connectivity index (χ0) is 12.1. The van der Waals surface area contributed by atoms with Crippen LogP contribution in [0.1, 0.15) is 16.9 Å². The van der Waals surface area contributed by atoms with Crippen molar-refractivity contribution in [3.8, 4) is 0 Å². The summed E-state index contributed by atoms with van der Waals surface area (Å²) >= 11 is 0. The van der Waals surface area contributed by atoms with E-state index in [4.69, 9.17) is 0 Å². The highest BCUT2D eigenvalue weighted by molar-refractivity contribution is 6.09. The van der Waals surface area contributed by atoms with Crippen molar-refractivity contribution in [1.82, 2.24) is 20.8 Å². The maximum atomic E-state index is 12.5. The third kappa shape index (κ3) is 1.85. The van der Waals surface area contributed by atoms with E-state index in [1.807, 2.05) is 24.3 Å². The number of rotatable bonds is 2. The van der Waals surface area contributed by atoms with Crippen LogP contribution >= 0.6 is 12.4 Å². The van der Waals surface area contributed by atoms with Crippen LogP contribution in [-0.2, 0) is 0 Å². The molecule has 2 bridgehead atoms. The fourth-order valence-electron chi connectivity index (χ4n) is 3.07. The molecule has 19 heavy (non-hydrogen) atoms. The van der Waals surface area contributed by atoms with Gasteiger partial charge < -0.3 is 10.6 Å². The summed E-state index contributed by atoms with van der Waals surface area (Å²) in [7, 11) is 0.